The average molecular weight is 514 g/mol. The van der Waals surface area contributed by atoms with Gasteiger partial charge in [0.1, 0.15) is 12.0 Å². The van der Waals surface area contributed by atoms with E-state index in [0.717, 1.165) is 62.0 Å². The molecule has 38 heavy (non-hydrogen) atoms. The smallest absolute Gasteiger partial charge is 0.346 e. The summed E-state index contributed by atoms with van der Waals surface area (Å²) in [5, 5.41) is 2.61. The molecule has 0 aliphatic rings. The average Bonchev–Trinajstić information content (AvgIpc) is 3.43. The number of hydrogen-bond acceptors (Lipinski definition) is 6. The first kappa shape index (κ1) is 25.0. The van der Waals surface area contributed by atoms with Gasteiger partial charge in [-0.2, -0.15) is 13.2 Å². The van der Waals surface area contributed by atoms with Crippen molar-refractivity contribution in [3.8, 4) is 33.8 Å². The minimum Gasteiger partial charge on any atom is -0.346 e. The van der Waals surface area contributed by atoms with Gasteiger partial charge in [0.25, 0.3) is 0 Å². The summed E-state index contributed by atoms with van der Waals surface area (Å²) >= 11 is 0. The van der Waals surface area contributed by atoms with Gasteiger partial charge in [-0.15, -0.1) is 0 Å². The van der Waals surface area contributed by atoms with E-state index in [-0.39, 0.29) is 0 Å². The molecule has 0 spiro atoms. The van der Waals surface area contributed by atoms with Crippen LogP contribution in [0.25, 0.3) is 55.6 Å². The van der Waals surface area contributed by atoms with Crippen LogP contribution in [0, 0.1) is 6.92 Å². The Kier molecular flexibility index (Phi) is 6.58. The summed E-state index contributed by atoms with van der Waals surface area (Å²) in [6, 6.07) is 16.7. The maximum atomic E-state index is 13.1. The van der Waals surface area contributed by atoms with Crippen LogP contribution < -0.4 is 11.7 Å². The van der Waals surface area contributed by atoms with E-state index in [9.17, 15) is 13.2 Å². The van der Waals surface area contributed by atoms with Gasteiger partial charge in [-0.3, -0.25) is 21.7 Å². The standard InChI is InChI=1S/C28H18F3N5.H4N2/c1-16-4-9-20-19(10-13-33-24(20)17-5-7-18(8-6-17)28(29,30)31)23(16)26-21(3-2-12-32-26)25-22-11-14-34-27(22)36-15-35-25;1-2/h2-15H,1H3,(H,34,35,36);1-2H2. The highest BCUT2D eigenvalue weighted by atomic mass is 19.4. The van der Waals surface area contributed by atoms with Crippen LogP contribution in [-0.2, 0) is 6.18 Å². The number of aromatic amines is 1. The number of rotatable bonds is 3. The third-order valence-corrected chi connectivity index (χ3v) is 6.29. The molecule has 190 valence electrons. The van der Waals surface area contributed by atoms with Gasteiger partial charge in [0.15, 0.2) is 0 Å². The first-order valence-electron chi connectivity index (χ1n) is 11.5. The second-order valence-electron chi connectivity index (χ2n) is 8.45. The molecule has 0 amide bonds. The van der Waals surface area contributed by atoms with Crippen molar-refractivity contribution in [1.82, 2.24) is 24.9 Å². The van der Waals surface area contributed by atoms with Crippen LogP contribution in [0.5, 0.6) is 0 Å². The number of H-pyrrole nitrogens is 1. The lowest BCUT2D eigenvalue weighted by Gasteiger charge is -2.16. The molecule has 10 heteroatoms. The summed E-state index contributed by atoms with van der Waals surface area (Å²) in [7, 11) is 0. The Bertz CT molecular complexity index is 1740. The second-order valence-corrected chi connectivity index (χ2v) is 8.45. The minimum atomic E-state index is -4.39. The molecule has 0 saturated heterocycles. The zero-order chi connectivity index (χ0) is 26.9. The van der Waals surface area contributed by atoms with Crippen molar-refractivity contribution in [2.45, 2.75) is 13.1 Å². The van der Waals surface area contributed by atoms with Crippen LogP contribution in [0.15, 0.2) is 85.6 Å². The fraction of sp³-hybridized carbons (Fsp3) is 0.0714. The van der Waals surface area contributed by atoms with Crippen LogP contribution >= 0.6 is 0 Å². The molecule has 0 aliphatic heterocycles. The lowest BCUT2D eigenvalue weighted by atomic mass is 9.92. The van der Waals surface area contributed by atoms with Gasteiger partial charge in [-0.1, -0.05) is 24.3 Å². The number of hydrazine groups is 1. The summed E-state index contributed by atoms with van der Waals surface area (Å²) in [5.74, 6) is 8.00. The Morgan fingerprint density at radius 2 is 1.47 bits per heavy atom. The zero-order valence-corrected chi connectivity index (χ0v) is 20.2. The number of pyridine rings is 2. The predicted octanol–water partition coefficient (Wildman–Crippen LogP) is 6.05. The minimum absolute atomic E-state index is 0.606. The number of nitrogens with zero attached hydrogens (tertiary/aromatic N) is 4. The molecule has 4 aromatic heterocycles. The third-order valence-electron chi connectivity index (χ3n) is 6.29. The second kappa shape index (κ2) is 10.0. The molecular weight excluding hydrogens is 491 g/mol. The third kappa shape index (κ3) is 4.36. The number of halogens is 3. The number of alkyl halides is 3. The summed E-state index contributed by atoms with van der Waals surface area (Å²) in [4.78, 5) is 21.3. The first-order valence-corrected chi connectivity index (χ1v) is 11.5. The Labute approximate surface area is 215 Å². The summed E-state index contributed by atoms with van der Waals surface area (Å²) in [5.41, 5.74) is 5.55. The summed E-state index contributed by atoms with van der Waals surface area (Å²) in [6.07, 6.45) is 2.37. The molecule has 2 aromatic carbocycles. The van der Waals surface area contributed by atoms with Crippen molar-refractivity contribution in [2.24, 2.45) is 11.7 Å². The molecule has 6 rings (SSSR count). The van der Waals surface area contributed by atoms with E-state index in [1.165, 1.54) is 18.5 Å². The van der Waals surface area contributed by atoms with Crippen LogP contribution in [0.2, 0.25) is 0 Å². The molecule has 0 saturated carbocycles. The molecule has 0 fully saturated rings. The molecule has 0 atom stereocenters. The van der Waals surface area contributed by atoms with Crippen molar-refractivity contribution < 1.29 is 13.2 Å². The van der Waals surface area contributed by atoms with Crippen molar-refractivity contribution >= 4 is 21.8 Å². The normalized spacial score (nSPS) is 11.4. The summed E-state index contributed by atoms with van der Waals surface area (Å²) < 4.78 is 39.2. The number of hydrogen-bond donors (Lipinski definition) is 3. The van der Waals surface area contributed by atoms with Gasteiger partial charge >= 0.3 is 6.18 Å². The molecule has 5 N–H and O–H groups in total. The zero-order valence-electron chi connectivity index (χ0n) is 20.2. The molecule has 4 heterocycles. The van der Waals surface area contributed by atoms with Crippen LogP contribution in [0.1, 0.15) is 11.1 Å². The Hall–Kier alpha value is -4.67. The van der Waals surface area contributed by atoms with Gasteiger partial charge in [0, 0.05) is 46.1 Å². The van der Waals surface area contributed by atoms with E-state index < -0.39 is 11.7 Å². The van der Waals surface area contributed by atoms with Gasteiger partial charge in [-0.25, -0.2) is 9.97 Å². The quantitative estimate of drug-likeness (QED) is 0.196. The fourth-order valence-electron chi connectivity index (χ4n) is 4.61. The van der Waals surface area contributed by atoms with Crippen LogP contribution in [-0.4, -0.2) is 24.9 Å². The van der Waals surface area contributed by atoms with Gasteiger partial charge < -0.3 is 4.98 Å². The van der Waals surface area contributed by atoms with Gasteiger partial charge in [-0.05, 0) is 54.3 Å². The fourth-order valence-corrected chi connectivity index (χ4v) is 4.61. The van der Waals surface area contributed by atoms with Crippen molar-refractivity contribution in [1.29, 1.82) is 0 Å². The number of benzene rings is 2. The molecule has 6 aromatic rings. The topological polar surface area (TPSA) is 119 Å². The SMILES string of the molecule is Cc1ccc2c(-c3ccc(C(F)(F)F)cc3)nccc2c1-c1ncccc1-c1ncnc2[nH]ccc12.NN. The van der Waals surface area contributed by atoms with Crippen LogP contribution in [0.4, 0.5) is 13.2 Å². The number of aryl methyl sites for hydroxylation is 1. The molecule has 0 unspecified atom stereocenters. The van der Waals surface area contributed by atoms with Crippen molar-refractivity contribution in [3.05, 3.63) is 96.7 Å². The maximum absolute atomic E-state index is 13.1. The molecule has 0 bridgehead atoms. The summed E-state index contributed by atoms with van der Waals surface area (Å²) in [6.45, 7) is 2.01. The van der Waals surface area contributed by atoms with Crippen molar-refractivity contribution in [3.63, 3.8) is 0 Å². The van der Waals surface area contributed by atoms with Gasteiger partial charge in [0.05, 0.1) is 22.6 Å². The lowest BCUT2D eigenvalue weighted by Crippen LogP contribution is -2.04. The number of aromatic nitrogens is 5. The van der Waals surface area contributed by atoms with Crippen LogP contribution in [0.3, 0.4) is 0 Å². The number of fused-ring (bicyclic) bond motifs is 2. The van der Waals surface area contributed by atoms with E-state index in [0.29, 0.717) is 11.3 Å². The monoisotopic (exact) mass is 513 g/mol. The molecular formula is C28H22F3N7. The largest absolute Gasteiger partial charge is 0.416 e. The highest BCUT2D eigenvalue weighted by Crippen LogP contribution is 2.40. The Morgan fingerprint density at radius 1 is 0.711 bits per heavy atom. The molecule has 7 nitrogen and oxygen atoms in total. The number of nitrogens with two attached hydrogens (primary N) is 2. The van der Waals surface area contributed by atoms with E-state index in [1.54, 1.807) is 12.4 Å². The highest BCUT2D eigenvalue weighted by molar-refractivity contribution is 6.06. The van der Waals surface area contributed by atoms with Gasteiger partial charge in [0.2, 0.25) is 0 Å². The lowest BCUT2D eigenvalue weighted by molar-refractivity contribution is -0.137. The van der Waals surface area contributed by atoms with E-state index in [4.69, 9.17) is 4.98 Å². The number of nitrogens with one attached hydrogen (secondary N) is 1. The molecule has 0 aliphatic carbocycles. The predicted molar refractivity (Wildman–Crippen MR) is 141 cm³/mol. The maximum Gasteiger partial charge on any atom is 0.416 e. The molecule has 0 radical (unpaired) electrons. The Morgan fingerprint density at radius 3 is 2.24 bits per heavy atom. The first-order chi connectivity index (χ1) is 18.4. The van der Waals surface area contributed by atoms with E-state index >= 15 is 0 Å². The van der Waals surface area contributed by atoms with E-state index in [1.807, 2.05) is 49.5 Å². The highest BCUT2D eigenvalue weighted by Gasteiger charge is 2.30. The van der Waals surface area contributed by atoms with Crippen molar-refractivity contribution in [2.75, 3.05) is 0 Å². The van der Waals surface area contributed by atoms with E-state index in [2.05, 4.69) is 31.6 Å². The Balaban J connectivity index is 0.00000144.